The van der Waals surface area contributed by atoms with E-state index in [1.807, 2.05) is 6.08 Å². The van der Waals surface area contributed by atoms with Gasteiger partial charge in [-0.2, -0.15) is 0 Å². The zero-order chi connectivity index (χ0) is 32.9. The number of ether oxygens (including phenoxy) is 3. The first kappa shape index (κ1) is 36.0. The molecule has 3 aliphatic rings. The third-order valence-electron chi connectivity index (χ3n) is 9.57. The van der Waals surface area contributed by atoms with Crippen LogP contribution in [0.4, 0.5) is 0 Å². The lowest BCUT2D eigenvalue weighted by molar-refractivity contribution is -0.174. The number of allylic oxidation sites excluding steroid dienone is 3. The molecule has 0 bridgehead atoms. The molecule has 0 heterocycles. The third kappa shape index (κ3) is 9.29. The van der Waals surface area contributed by atoms with E-state index in [0.717, 1.165) is 31.3 Å². The summed E-state index contributed by atoms with van der Waals surface area (Å²) in [4.78, 5) is 23.8. The highest BCUT2D eigenvalue weighted by atomic mass is 16.7. The molecule has 8 nitrogen and oxygen atoms in total. The predicted molar refractivity (Wildman–Crippen MR) is 169 cm³/mol. The predicted octanol–water partition coefficient (Wildman–Crippen LogP) is 5.40. The van der Waals surface area contributed by atoms with Gasteiger partial charge in [0.1, 0.15) is 17.8 Å². The van der Waals surface area contributed by atoms with Crippen molar-refractivity contribution in [3.8, 4) is 11.8 Å². The van der Waals surface area contributed by atoms with Crippen LogP contribution in [-0.2, 0) is 23.8 Å². The minimum absolute atomic E-state index is 0.0651. The summed E-state index contributed by atoms with van der Waals surface area (Å²) < 4.78 is 15.5. The molecule has 3 saturated carbocycles. The Morgan fingerprint density at radius 2 is 1.84 bits per heavy atom. The summed E-state index contributed by atoms with van der Waals surface area (Å²) in [7, 11) is 0. The molecule has 0 aliphatic heterocycles. The van der Waals surface area contributed by atoms with Gasteiger partial charge in [0.15, 0.2) is 0 Å². The second-order valence-electron chi connectivity index (χ2n) is 14.7. The van der Waals surface area contributed by atoms with Crippen LogP contribution in [0, 0.1) is 40.4 Å². The molecular formula is C36H54O8. The average Bonchev–Trinajstić information content (AvgIpc) is 3.28. The third-order valence-corrected chi connectivity index (χ3v) is 9.57. The summed E-state index contributed by atoms with van der Waals surface area (Å²) in [6.45, 7) is 16.8. The van der Waals surface area contributed by atoms with Gasteiger partial charge in [-0.25, -0.2) is 0 Å². The van der Waals surface area contributed by atoms with Crippen LogP contribution in [0.1, 0.15) is 99.8 Å². The highest BCUT2D eigenvalue weighted by Crippen LogP contribution is 2.59. The highest BCUT2D eigenvalue weighted by Gasteiger charge is 2.50. The first-order chi connectivity index (χ1) is 20.4. The number of hydrogen-bond acceptors (Lipinski definition) is 8. The standard InChI is InChI=1S/C36H54O8/c1-23(11-9-18-35(6,7)41)27-15-16-28-25(12-10-19-36(27,28)8)13-14-26-21-29(37)32(31(39)24(26)2)42-20-17-30(38)43-22-44-33(40)34(3,4)5/h13-14,23,27-29,31-32,37,39,41H,2,10-12,15-17,19-22H2,1,3-8H3/b25-13+,26-14-/t23-,27-,28?,29-,31-,32+,36-/m1/s1. The highest BCUT2D eigenvalue weighted by molar-refractivity contribution is 5.75. The number of fused-ring (bicyclic) bond motifs is 1. The van der Waals surface area contributed by atoms with Gasteiger partial charge in [0.25, 0.3) is 0 Å². The molecule has 7 atom stereocenters. The maximum atomic E-state index is 12.0. The van der Waals surface area contributed by atoms with Gasteiger partial charge in [-0.1, -0.05) is 44.1 Å². The van der Waals surface area contributed by atoms with Gasteiger partial charge in [0.05, 0.1) is 24.5 Å². The van der Waals surface area contributed by atoms with Gasteiger partial charge in [-0.05, 0) is 101 Å². The Morgan fingerprint density at radius 1 is 1.14 bits per heavy atom. The van der Waals surface area contributed by atoms with Crippen LogP contribution in [0.15, 0.2) is 35.5 Å². The molecule has 0 aromatic carbocycles. The molecule has 246 valence electrons. The number of hydrogen-bond donors (Lipinski definition) is 3. The molecule has 3 N–H and O–H groups in total. The number of rotatable bonds is 9. The van der Waals surface area contributed by atoms with Crippen molar-refractivity contribution >= 4 is 11.9 Å². The molecule has 44 heavy (non-hydrogen) atoms. The molecule has 0 aromatic heterocycles. The summed E-state index contributed by atoms with van der Waals surface area (Å²) in [6, 6.07) is 0. The maximum absolute atomic E-state index is 12.0. The fourth-order valence-electron chi connectivity index (χ4n) is 7.16. The van der Waals surface area contributed by atoms with Crippen molar-refractivity contribution in [2.24, 2.45) is 28.6 Å². The van der Waals surface area contributed by atoms with Crippen molar-refractivity contribution in [3.63, 3.8) is 0 Å². The topological polar surface area (TPSA) is 123 Å². The average molecular weight is 615 g/mol. The molecule has 0 radical (unpaired) electrons. The molecule has 3 rings (SSSR count). The fourth-order valence-corrected chi connectivity index (χ4v) is 7.16. The number of aliphatic hydroxyl groups excluding tert-OH is 2. The van der Waals surface area contributed by atoms with Gasteiger partial charge in [-0.15, -0.1) is 5.92 Å². The Labute approximate surface area is 263 Å². The van der Waals surface area contributed by atoms with E-state index in [9.17, 15) is 24.9 Å². The first-order valence-electron chi connectivity index (χ1n) is 16.1. The van der Waals surface area contributed by atoms with Gasteiger partial charge in [0.2, 0.25) is 6.79 Å². The molecule has 0 spiro atoms. The van der Waals surface area contributed by atoms with Crippen molar-refractivity contribution in [1.29, 1.82) is 0 Å². The normalized spacial score (nSPS) is 31.7. The largest absolute Gasteiger partial charge is 0.428 e. The van der Waals surface area contributed by atoms with Crippen molar-refractivity contribution in [2.75, 3.05) is 13.4 Å². The number of aliphatic hydroxyl groups is 3. The van der Waals surface area contributed by atoms with Gasteiger partial charge in [-0.3, -0.25) is 9.59 Å². The molecule has 1 unspecified atom stereocenters. The lowest BCUT2D eigenvalue weighted by Gasteiger charge is -2.44. The maximum Gasteiger partial charge on any atom is 0.314 e. The van der Waals surface area contributed by atoms with Crippen LogP contribution >= 0.6 is 0 Å². The zero-order valence-corrected chi connectivity index (χ0v) is 27.8. The minimum Gasteiger partial charge on any atom is -0.428 e. The summed E-state index contributed by atoms with van der Waals surface area (Å²) in [6.07, 6.45) is 7.85. The second-order valence-corrected chi connectivity index (χ2v) is 14.7. The van der Waals surface area contributed by atoms with E-state index in [-0.39, 0.29) is 18.4 Å². The Kier molecular flexibility index (Phi) is 12.1. The second kappa shape index (κ2) is 14.8. The van der Waals surface area contributed by atoms with Gasteiger partial charge < -0.3 is 29.5 Å². The van der Waals surface area contributed by atoms with E-state index >= 15 is 0 Å². The first-order valence-corrected chi connectivity index (χ1v) is 16.1. The monoisotopic (exact) mass is 614 g/mol. The number of carbonyl (C=O) groups is 2. The van der Waals surface area contributed by atoms with E-state index in [2.05, 4.69) is 38.3 Å². The minimum atomic E-state index is -1.11. The molecule has 0 amide bonds. The van der Waals surface area contributed by atoms with Crippen molar-refractivity contribution in [1.82, 2.24) is 0 Å². The van der Waals surface area contributed by atoms with Crippen molar-refractivity contribution in [3.05, 3.63) is 35.5 Å². The molecule has 0 saturated heterocycles. The molecular weight excluding hydrogens is 560 g/mol. The molecule has 0 aromatic rings. The van der Waals surface area contributed by atoms with E-state index in [4.69, 9.17) is 14.2 Å². The number of carbonyl (C=O) groups excluding carboxylic acids is 2. The summed E-state index contributed by atoms with van der Waals surface area (Å²) >= 11 is 0. The van der Waals surface area contributed by atoms with Crippen LogP contribution < -0.4 is 0 Å². The lowest BCUT2D eigenvalue weighted by atomic mass is 9.61. The van der Waals surface area contributed by atoms with E-state index < -0.39 is 48.1 Å². The Bertz CT molecular complexity index is 1170. The molecule has 8 heteroatoms. The fraction of sp³-hybridized carbons (Fsp3) is 0.722. The van der Waals surface area contributed by atoms with Crippen molar-refractivity contribution < 1.29 is 39.1 Å². The Hall–Kier alpha value is -2.44. The van der Waals surface area contributed by atoms with E-state index in [1.165, 1.54) is 18.4 Å². The Morgan fingerprint density at radius 3 is 2.50 bits per heavy atom. The smallest absolute Gasteiger partial charge is 0.314 e. The van der Waals surface area contributed by atoms with Crippen LogP contribution in [0.3, 0.4) is 0 Å². The SMILES string of the molecule is C=C1/C(=C\C=C2/CCC[C@@]3(C)C2CC[C@@H]3[C@H](C)CC#CC(C)(C)O)C[C@@H](O)[C@H](OCCC(=O)OCOC(=O)C(C)(C)C)[C@@H]1O. The molecule has 3 aliphatic carbocycles. The molecule has 3 fully saturated rings. The lowest BCUT2D eigenvalue weighted by Crippen LogP contribution is -2.45. The van der Waals surface area contributed by atoms with E-state index in [1.54, 1.807) is 34.6 Å². The van der Waals surface area contributed by atoms with E-state index in [0.29, 0.717) is 29.7 Å². The Balaban J connectivity index is 1.56. The van der Waals surface area contributed by atoms with Gasteiger partial charge >= 0.3 is 11.9 Å². The summed E-state index contributed by atoms with van der Waals surface area (Å²) in [5.41, 5.74) is 1.27. The number of esters is 2. The van der Waals surface area contributed by atoms with Crippen LogP contribution in [-0.4, -0.2) is 64.6 Å². The van der Waals surface area contributed by atoms with Crippen molar-refractivity contribution in [2.45, 2.75) is 124 Å². The van der Waals surface area contributed by atoms with Crippen LogP contribution in [0.2, 0.25) is 0 Å². The van der Waals surface area contributed by atoms with Crippen LogP contribution in [0.25, 0.3) is 0 Å². The summed E-state index contributed by atoms with van der Waals surface area (Å²) in [5.74, 6) is 6.60. The quantitative estimate of drug-likeness (QED) is 0.179. The van der Waals surface area contributed by atoms with Crippen LogP contribution in [0.5, 0.6) is 0 Å². The zero-order valence-electron chi connectivity index (χ0n) is 27.8. The summed E-state index contributed by atoms with van der Waals surface area (Å²) in [5, 5.41) is 31.7. The van der Waals surface area contributed by atoms with Gasteiger partial charge in [0, 0.05) is 12.8 Å².